The maximum Gasteiger partial charge on any atom is 0.0253 e. The summed E-state index contributed by atoms with van der Waals surface area (Å²) in [7, 11) is 0. The summed E-state index contributed by atoms with van der Waals surface area (Å²) in [4.78, 5) is 0. The monoisotopic (exact) mass is 221 g/mol. The largest absolute Gasteiger partial charge is 0.0905 e. The van der Waals surface area contributed by atoms with Crippen molar-refractivity contribution in [3.63, 3.8) is 0 Å². The molecule has 0 bridgehead atoms. The predicted molar refractivity (Wildman–Crippen MR) is 54.1 cm³/mol. The molecule has 0 N–H and O–H groups in total. The van der Waals surface area contributed by atoms with Crippen molar-refractivity contribution >= 4 is 15.9 Å². The minimum atomic E-state index is 0.810. The third-order valence-corrected chi connectivity index (χ3v) is 2.92. The highest BCUT2D eigenvalue weighted by atomic mass is 79.9. The van der Waals surface area contributed by atoms with Crippen molar-refractivity contribution in [2.45, 2.75) is 18.8 Å². The van der Waals surface area contributed by atoms with Gasteiger partial charge in [0, 0.05) is 4.47 Å². The molecule has 1 saturated carbocycles. The van der Waals surface area contributed by atoms with E-state index in [1.165, 1.54) is 18.4 Å². The molecule has 0 heterocycles. The average molecular weight is 222 g/mol. The van der Waals surface area contributed by atoms with E-state index in [1.807, 2.05) is 0 Å². The van der Waals surface area contributed by atoms with Gasteiger partial charge in [0.15, 0.2) is 0 Å². The zero-order chi connectivity index (χ0) is 8.55. The van der Waals surface area contributed by atoms with Crippen molar-refractivity contribution in [2.75, 3.05) is 0 Å². The van der Waals surface area contributed by atoms with E-state index < -0.39 is 0 Å². The first-order valence-electron chi connectivity index (χ1n) is 4.14. The van der Waals surface area contributed by atoms with E-state index in [0.717, 1.165) is 16.0 Å². The number of hydrogen-bond donors (Lipinski definition) is 0. The molecule has 0 atom stereocenters. The number of benzene rings is 1. The summed E-state index contributed by atoms with van der Waals surface area (Å²) in [6.07, 6.45) is 5.61. The van der Waals surface area contributed by atoms with Crippen LogP contribution < -0.4 is 0 Å². The molecular formula is C11H10Br. The van der Waals surface area contributed by atoms with Gasteiger partial charge in [0.2, 0.25) is 0 Å². The van der Waals surface area contributed by atoms with Crippen molar-refractivity contribution in [3.05, 3.63) is 46.5 Å². The maximum atomic E-state index is 3.66. The lowest BCUT2D eigenvalue weighted by Gasteiger charge is -2.01. The minimum absolute atomic E-state index is 0.810. The molecule has 0 nitrogen and oxygen atoms in total. The third kappa shape index (κ3) is 1.46. The average Bonchev–Trinajstić information content (AvgIpc) is 2.88. The lowest BCUT2D eigenvalue weighted by Crippen LogP contribution is -1.82. The molecule has 1 fully saturated rings. The highest BCUT2D eigenvalue weighted by Gasteiger charge is 2.23. The predicted octanol–water partition coefficient (Wildman–Crippen LogP) is 3.66. The van der Waals surface area contributed by atoms with Crippen LogP contribution in [0, 0.1) is 6.08 Å². The van der Waals surface area contributed by atoms with Crippen molar-refractivity contribution in [3.8, 4) is 0 Å². The van der Waals surface area contributed by atoms with Gasteiger partial charge in [-0.3, -0.25) is 0 Å². The van der Waals surface area contributed by atoms with Crippen LogP contribution >= 0.6 is 15.9 Å². The third-order valence-electron chi connectivity index (χ3n) is 2.23. The summed E-state index contributed by atoms with van der Waals surface area (Å²) >= 11 is 3.46. The molecule has 0 amide bonds. The smallest absolute Gasteiger partial charge is 0.0253 e. The molecule has 1 aromatic rings. The molecular weight excluding hydrogens is 212 g/mol. The summed E-state index contributed by atoms with van der Waals surface area (Å²) in [6, 6.07) is 6.44. The summed E-state index contributed by atoms with van der Waals surface area (Å²) in [5.41, 5.74) is 2.52. The molecule has 0 aliphatic heterocycles. The van der Waals surface area contributed by atoms with Crippen LogP contribution in [0.5, 0.6) is 0 Å². The van der Waals surface area contributed by atoms with E-state index >= 15 is 0 Å². The maximum absolute atomic E-state index is 3.66. The van der Waals surface area contributed by atoms with Crippen LogP contribution in [0.3, 0.4) is 0 Å². The van der Waals surface area contributed by atoms with Gasteiger partial charge in [-0.1, -0.05) is 28.6 Å². The normalized spacial score (nSPS) is 16.1. The van der Waals surface area contributed by atoms with E-state index in [2.05, 4.69) is 46.8 Å². The van der Waals surface area contributed by atoms with Gasteiger partial charge in [0.25, 0.3) is 0 Å². The number of rotatable bonds is 2. The molecule has 0 spiro atoms. The Kier molecular flexibility index (Phi) is 2.05. The van der Waals surface area contributed by atoms with E-state index in [9.17, 15) is 0 Å². The van der Waals surface area contributed by atoms with Gasteiger partial charge >= 0.3 is 0 Å². The van der Waals surface area contributed by atoms with Crippen molar-refractivity contribution in [1.29, 1.82) is 0 Å². The Hall–Kier alpha value is -0.560. The molecule has 1 aliphatic carbocycles. The standard InChI is InChI=1S/C11H10Br/c1-2-8-7-10(9-3-4-9)5-6-11(8)12/h5-7,9H,1,3-4H2. The Morgan fingerprint density at radius 1 is 1.42 bits per heavy atom. The Bertz CT molecular complexity index is 311. The molecule has 0 aromatic heterocycles. The fourth-order valence-electron chi connectivity index (χ4n) is 1.35. The SMILES string of the molecule is C=[C]c1cc(C2CC2)ccc1Br. The summed E-state index contributed by atoms with van der Waals surface area (Å²) < 4.78 is 1.09. The van der Waals surface area contributed by atoms with Crippen molar-refractivity contribution < 1.29 is 0 Å². The summed E-state index contributed by atoms with van der Waals surface area (Å²) in [5.74, 6) is 0.810. The van der Waals surface area contributed by atoms with Gasteiger partial charge < -0.3 is 0 Å². The minimum Gasteiger partial charge on any atom is -0.0905 e. The van der Waals surface area contributed by atoms with Gasteiger partial charge in [0.05, 0.1) is 0 Å². The molecule has 1 heteroatoms. The lowest BCUT2D eigenvalue weighted by molar-refractivity contribution is 1.12. The molecule has 2 rings (SSSR count). The van der Waals surface area contributed by atoms with Crippen LogP contribution in [-0.4, -0.2) is 0 Å². The van der Waals surface area contributed by atoms with Crippen LogP contribution in [0.2, 0.25) is 0 Å². The summed E-state index contributed by atoms with van der Waals surface area (Å²) in [6.45, 7) is 3.66. The molecule has 0 unspecified atom stereocenters. The highest BCUT2D eigenvalue weighted by Crippen LogP contribution is 2.40. The lowest BCUT2D eigenvalue weighted by atomic mass is 10.1. The van der Waals surface area contributed by atoms with Crippen LogP contribution in [0.4, 0.5) is 0 Å². The second kappa shape index (κ2) is 3.06. The van der Waals surface area contributed by atoms with E-state index in [4.69, 9.17) is 0 Å². The fourth-order valence-corrected chi connectivity index (χ4v) is 1.74. The Morgan fingerprint density at radius 2 is 2.17 bits per heavy atom. The first-order chi connectivity index (χ1) is 5.81. The molecule has 12 heavy (non-hydrogen) atoms. The molecule has 61 valence electrons. The zero-order valence-electron chi connectivity index (χ0n) is 6.81. The van der Waals surface area contributed by atoms with E-state index in [1.54, 1.807) is 0 Å². The van der Waals surface area contributed by atoms with Crippen LogP contribution in [0.1, 0.15) is 29.9 Å². The van der Waals surface area contributed by atoms with Gasteiger partial charge in [-0.25, -0.2) is 0 Å². The first-order valence-corrected chi connectivity index (χ1v) is 4.93. The van der Waals surface area contributed by atoms with Crippen LogP contribution in [0.15, 0.2) is 29.3 Å². The Labute approximate surface area is 81.4 Å². The van der Waals surface area contributed by atoms with E-state index in [-0.39, 0.29) is 0 Å². The Balaban J connectivity index is 2.39. The second-order valence-corrected chi connectivity index (χ2v) is 4.04. The molecule has 0 saturated heterocycles. The van der Waals surface area contributed by atoms with Gasteiger partial charge in [-0.15, -0.1) is 0 Å². The number of halogens is 1. The van der Waals surface area contributed by atoms with E-state index in [0.29, 0.717) is 0 Å². The van der Waals surface area contributed by atoms with Crippen molar-refractivity contribution in [1.82, 2.24) is 0 Å². The van der Waals surface area contributed by atoms with Gasteiger partial charge in [0.1, 0.15) is 0 Å². The van der Waals surface area contributed by atoms with Crippen LogP contribution in [-0.2, 0) is 0 Å². The molecule has 1 aliphatic rings. The van der Waals surface area contributed by atoms with Gasteiger partial charge in [-0.2, -0.15) is 0 Å². The second-order valence-electron chi connectivity index (χ2n) is 3.19. The molecule has 1 aromatic carbocycles. The Morgan fingerprint density at radius 3 is 2.75 bits per heavy atom. The zero-order valence-corrected chi connectivity index (χ0v) is 8.39. The topological polar surface area (TPSA) is 0 Å². The quantitative estimate of drug-likeness (QED) is 0.716. The first kappa shape index (κ1) is 8.06. The van der Waals surface area contributed by atoms with Crippen LogP contribution in [0.25, 0.3) is 0 Å². The van der Waals surface area contributed by atoms with Gasteiger partial charge in [-0.05, 0) is 48.1 Å². The fraction of sp³-hybridized carbons (Fsp3) is 0.273. The highest BCUT2D eigenvalue weighted by molar-refractivity contribution is 9.10. The number of hydrogen-bond acceptors (Lipinski definition) is 0. The summed E-state index contributed by atoms with van der Waals surface area (Å²) in [5, 5.41) is 0. The van der Waals surface area contributed by atoms with Crippen molar-refractivity contribution in [2.24, 2.45) is 0 Å². The molecule has 1 radical (unpaired) electrons.